The lowest BCUT2D eigenvalue weighted by Crippen LogP contribution is -2.40. The summed E-state index contributed by atoms with van der Waals surface area (Å²) in [6.07, 6.45) is 3.90. The van der Waals surface area contributed by atoms with Gasteiger partial charge in [0.1, 0.15) is 11.4 Å². The number of hydrogen-bond donors (Lipinski definition) is 5. The summed E-state index contributed by atoms with van der Waals surface area (Å²) in [6.45, 7) is 1.51. The maximum Gasteiger partial charge on any atom is 0.260 e. The van der Waals surface area contributed by atoms with Crippen LogP contribution >= 0.6 is 0 Å². The fraction of sp³-hybridized carbons (Fsp3) is 0.522. The molecule has 0 radical (unpaired) electrons. The Kier molecular flexibility index (Phi) is 8.69. The number of aliphatic hydroxyl groups is 2. The van der Waals surface area contributed by atoms with Gasteiger partial charge in [-0.15, -0.1) is 0 Å². The van der Waals surface area contributed by atoms with Gasteiger partial charge in [-0.3, -0.25) is 4.79 Å². The normalized spacial score (nSPS) is 21.1. The summed E-state index contributed by atoms with van der Waals surface area (Å²) in [7, 11) is -3.63. The molecule has 13 heteroatoms. The van der Waals surface area contributed by atoms with Gasteiger partial charge in [0.15, 0.2) is 0 Å². The lowest BCUT2D eigenvalue weighted by Gasteiger charge is -2.27. The number of sulfonamides is 1. The van der Waals surface area contributed by atoms with Crippen LogP contribution in [0.15, 0.2) is 35.4 Å². The van der Waals surface area contributed by atoms with Crippen LogP contribution in [0.5, 0.6) is 0 Å². The Labute approximate surface area is 210 Å². The maximum absolute atomic E-state index is 13.1. The molecule has 5 N–H and O–H groups in total. The minimum atomic E-state index is -3.63. The number of nitrogens with zero attached hydrogens (tertiary/aromatic N) is 3. The van der Waals surface area contributed by atoms with Crippen LogP contribution < -0.4 is 16.0 Å². The van der Waals surface area contributed by atoms with E-state index >= 15 is 0 Å². The number of ether oxygens (including phenoxy) is 1. The van der Waals surface area contributed by atoms with Crippen molar-refractivity contribution in [3.63, 3.8) is 0 Å². The molecular formula is C23H32N6O6S. The third kappa shape index (κ3) is 6.48. The Morgan fingerprint density at radius 1 is 1.11 bits per heavy atom. The van der Waals surface area contributed by atoms with E-state index in [-0.39, 0.29) is 41.7 Å². The van der Waals surface area contributed by atoms with E-state index in [4.69, 9.17) is 9.84 Å². The van der Waals surface area contributed by atoms with Gasteiger partial charge in [0.25, 0.3) is 5.91 Å². The average Bonchev–Trinajstić information content (AvgIpc) is 2.89. The van der Waals surface area contributed by atoms with Gasteiger partial charge in [0.05, 0.1) is 30.8 Å². The highest BCUT2D eigenvalue weighted by Crippen LogP contribution is 2.25. The van der Waals surface area contributed by atoms with Crippen molar-refractivity contribution in [2.75, 3.05) is 55.4 Å². The van der Waals surface area contributed by atoms with Gasteiger partial charge in [-0.05, 0) is 49.9 Å². The molecule has 2 fully saturated rings. The summed E-state index contributed by atoms with van der Waals surface area (Å²) in [6, 6.07) is 6.05. The largest absolute Gasteiger partial charge is 0.395 e. The van der Waals surface area contributed by atoms with Crippen molar-refractivity contribution < 1.29 is 28.2 Å². The first kappa shape index (κ1) is 26.2. The van der Waals surface area contributed by atoms with Gasteiger partial charge >= 0.3 is 0 Å². The van der Waals surface area contributed by atoms with Gasteiger partial charge < -0.3 is 30.9 Å². The predicted octanol–water partition coefficient (Wildman–Crippen LogP) is 0.869. The van der Waals surface area contributed by atoms with Crippen LogP contribution in [0.25, 0.3) is 0 Å². The molecule has 1 aromatic heterocycles. The summed E-state index contributed by atoms with van der Waals surface area (Å²) in [5.74, 6) is 0.165. The van der Waals surface area contributed by atoms with Gasteiger partial charge in [-0.2, -0.15) is 9.29 Å². The summed E-state index contributed by atoms with van der Waals surface area (Å²) in [4.78, 5) is 21.9. The van der Waals surface area contributed by atoms with Crippen molar-refractivity contribution in [1.29, 1.82) is 0 Å². The fourth-order valence-corrected chi connectivity index (χ4v) is 5.58. The first-order valence-corrected chi connectivity index (χ1v) is 13.5. The van der Waals surface area contributed by atoms with Gasteiger partial charge in [0.2, 0.25) is 16.0 Å². The highest BCUT2D eigenvalue weighted by atomic mass is 32.2. The van der Waals surface area contributed by atoms with E-state index in [2.05, 4.69) is 25.9 Å². The number of amides is 1. The quantitative estimate of drug-likeness (QED) is 0.320. The molecule has 1 saturated heterocycles. The number of anilines is 3. The molecule has 2 aliphatic rings. The number of carbonyl (C=O) groups excluding carboxylic acids is 1. The number of aliphatic hydroxyl groups excluding tert-OH is 2. The van der Waals surface area contributed by atoms with Crippen molar-refractivity contribution >= 4 is 33.4 Å². The zero-order valence-electron chi connectivity index (χ0n) is 19.9. The summed E-state index contributed by atoms with van der Waals surface area (Å²) >= 11 is 0. The highest BCUT2D eigenvalue weighted by molar-refractivity contribution is 7.89. The van der Waals surface area contributed by atoms with E-state index in [0.717, 1.165) is 12.8 Å². The zero-order chi connectivity index (χ0) is 25.5. The second-order valence-electron chi connectivity index (χ2n) is 8.75. The maximum atomic E-state index is 13.1. The minimum Gasteiger partial charge on any atom is -0.395 e. The average molecular weight is 521 g/mol. The third-order valence-corrected chi connectivity index (χ3v) is 8.10. The van der Waals surface area contributed by atoms with Gasteiger partial charge in [-0.25, -0.2) is 13.4 Å². The second kappa shape index (κ2) is 11.9. The van der Waals surface area contributed by atoms with Crippen LogP contribution in [-0.4, -0.2) is 90.4 Å². The smallest absolute Gasteiger partial charge is 0.260 e. The first-order valence-electron chi connectivity index (χ1n) is 12.0. The van der Waals surface area contributed by atoms with Crippen molar-refractivity contribution in [1.82, 2.24) is 14.3 Å². The van der Waals surface area contributed by atoms with E-state index in [1.165, 1.54) is 22.6 Å². The predicted molar refractivity (Wildman–Crippen MR) is 133 cm³/mol. The monoisotopic (exact) mass is 520 g/mol. The molecule has 36 heavy (non-hydrogen) atoms. The number of hydrogen-bond acceptors (Lipinski definition) is 10. The number of morpholine rings is 1. The summed E-state index contributed by atoms with van der Waals surface area (Å²) in [5, 5.41) is 27.8. The van der Waals surface area contributed by atoms with Gasteiger partial charge in [-0.1, -0.05) is 0 Å². The number of rotatable bonds is 9. The molecule has 1 aromatic carbocycles. The van der Waals surface area contributed by atoms with Crippen LogP contribution in [0.4, 0.5) is 17.5 Å². The van der Waals surface area contributed by atoms with Crippen LogP contribution in [0.2, 0.25) is 0 Å². The summed E-state index contributed by atoms with van der Waals surface area (Å²) < 4.78 is 32.3. The van der Waals surface area contributed by atoms with Crippen LogP contribution in [0.3, 0.4) is 0 Å². The first-order chi connectivity index (χ1) is 17.4. The van der Waals surface area contributed by atoms with Gasteiger partial charge in [0, 0.05) is 37.6 Å². The molecular weight excluding hydrogens is 488 g/mol. The van der Waals surface area contributed by atoms with Crippen LogP contribution in [0, 0.1) is 0 Å². The molecule has 0 unspecified atom stereocenters. The third-order valence-electron chi connectivity index (χ3n) is 6.19. The number of nitrogens with one attached hydrogen (secondary N) is 3. The second-order valence-corrected chi connectivity index (χ2v) is 10.7. The van der Waals surface area contributed by atoms with E-state index in [1.54, 1.807) is 12.1 Å². The lowest BCUT2D eigenvalue weighted by atomic mass is 9.93. The Hall–Kier alpha value is -2.84. The molecule has 2 heterocycles. The number of aromatic nitrogens is 2. The summed E-state index contributed by atoms with van der Waals surface area (Å²) in [5.41, 5.74) is 0.649. The Morgan fingerprint density at radius 2 is 1.81 bits per heavy atom. The molecule has 0 bridgehead atoms. The van der Waals surface area contributed by atoms with Crippen LogP contribution in [-0.2, 0) is 14.8 Å². The van der Waals surface area contributed by atoms with Crippen molar-refractivity contribution in [2.24, 2.45) is 0 Å². The standard InChI is InChI=1S/C23H32N6O6S/c30-12-9-24-23-25-15-20(21(28-23)26-16-1-5-18(31)6-2-16)22(32)27-17-3-7-19(8-4-17)36(33,34)29-10-13-35-14-11-29/h3-4,7-8,15-16,18,30-31H,1-2,5-6,9-14H2,(H,27,32)(H2,24,25,26,28)/t16-,18-. The van der Waals surface area contributed by atoms with E-state index in [0.29, 0.717) is 50.7 Å². The van der Waals surface area contributed by atoms with E-state index in [1.807, 2.05) is 0 Å². The SMILES string of the molecule is O=C(Nc1ccc(S(=O)(=O)N2CCOCC2)cc1)c1cnc(NCCO)nc1N[C@H]1CC[C@H](O)CC1. The molecule has 4 rings (SSSR count). The van der Waals surface area contributed by atoms with Crippen molar-refractivity contribution in [2.45, 2.75) is 42.7 Å². The Balaban J connectivity index is 1.48. The molecule has 1 amide bonds. The number of benzene rings is 1. The molecule has 1 aliphatic carbocycles. The lowest BCUT2D eigenvalue weighted by molar-refractivity contribution is 0.0730. The fourth-order valence-electron chi connectivity index (χ4n) is 4.17. The van der Waals surface area contributed by atoms with E-state index in [9.17, 15) is 18.3 Å². The zero-order valence-corrected chi connectivity index (χ0v) is 20.7. The highest BCUT2D eigenvalue weighted by Gasteiger charge is 2.26. The Bertz CT molecular complexity index is 1130. The van der Waals surface area contributed by atoms with Crippen LogP contribution in [0.1, 0.15) is 36.0 Å². The van der Waals surface area contributed by atoms with Crippen molar-refractivity contribution in [3.05, 3.63) is 36.0 Å². The van der Waals surface area contributed by atoms with E-state index < -0.39 is 15.9 Å². The number of carbonyl (C=O) groups is 1. The topological polar surface area (TPSA) is 166 Å². The molecule has 1 aliphatic heterocycles. The molecule has 0 atom stereocenters. The molecule has 2 aromatic rings. The molecule has 1 saturated carbocycles. The Morgan fingerprint density at radius 3 is 2.47 bits per heavy atom. The molecule has 196 valence electrons. The minimum absolute atomic E-state index is 0.0465. The van der Waals surface area contributed by atoms with Crippen molar-refractivity contribution in [3.8, 4) is 0 Å². The molecule has 12 nitrogen and oxygen atoms in total. The molecule has 0 spiro atoms.